The zero-order valence-electron chi connectivity index (χ0n) is 14.6. The minimum Gasteiger partial charge on any atom is -0.496 e. The third kappa shape index (κ3) is 3.96. The molecule has 0 amide bonds. The Morgan fingerprint density at radius 1 is 1.17 bits per heavy atom. The van der Waals surface area contributed by atoms with Crippen LogP contribution in [0, 0.1) is 0 Å². The normalized spacial score (nSPS) is 19.5. The van der Waals surface area contributed by atoms with Gasteiger partial charge in [0.15, 0.2) is 0 Å². The van der Waals surface area contributed by atoms with Gasteiger partial charge in [-0.25, -0.2) is 0 Å². The summed E-state index contributed by atoms with van der Waals surface area (Å²) in [7, 11) is 1.79. The van der Waals surface area contributed by atoms with Gasteiger partial charge in [-0.3, -0.25) is 4.90 Å². The molecule has 3 nitrogen and oxygen atoms in total. The molecule has 3 rings (SSSR count). The summed E-state index contributed by atoms with van der Waals surface area (Å²) in [6.07, 6.45) is 8.46. The van der Waals surface area contributed by atoms with Crippen molar-refractivity contribution in [2.24, 2.45) is 0 Å². The maximum atomic E-state index is 5.58. The van der Waals surface area contributed by atoms with Crippen LogP contribution < -0.4 is 4.74 Å². The number of nitrogens with zero attached hydrogens (tertiary/aromatic N) is 1. The second-order valence-corrected chi connectivity index (χ2v) is 6.57. The first-order valence-corrected chi connectivity index (χ1v) is 9.00. The van der Waals surface area contributed by atoms with Crippen LogP contribution in [0.1, 0.15) is 42.9 Å². The summed E-state index contributed by atoms with van der Waals surface area (Å²) in [4.78, 5) is 2.51. The van der Waals surface area contributed by atoms with Gasteiger partial charge in [-0.05, 0) is 54.9 Å². The van der Waals surface area contributed by atoms with Gasteiger partial charge in [-0.1, -0.05) is 24.6 Å². The highest BCUT2D eigenvalue weighted by atomic mass is 16.5. The number of rotatable bonds is 5. The van der Waals surface area contributed by atoms with E-state index in [1.165, 1.54) is 41.5 Å². The summed E-state index contributed by atoms with van der Waals surface area (Å²) < 4.78 is 11.0. The Hall–Kier alpha value is -1.32. The molecule has 1 aliphatic heterocycles. The van der Waals surface area contributed by atoms with Crippen molar-refractivity contribution in [2.75, 3.05) is 40.0 Å². The molecule has 1 fully saturated rings. The van der Waals surface area contributed by atoms with E-state index in [4.69, 9.17) is 9.47 Å². The van der Waals surface area contributed by atoms with Gasteiger partial charge in [0.25, 0.3) is 0 Å². The average Bonchev–Trinajstić information content (AvgIpc) is 2.62. The van der Waals surface area contributed by atoms with Crippen molar-refractivity contribution in [1.82, 2.24) is 4.90 Å². The summed E-state index contributed by atoms with van der Waals surface area (Å²) in [6, 6.07) is 4.40. The lowest BCUT2D eigenvalue weighted by Gasteiger charge is -2.27. The van der Waals surface area contributed by atoms with Crippen LogP contribution in [0.25, 0.3) is 6.08 Å². The SMILES string of the molecule is CC/C(=C/c1ccc(OC)c2c1CCCC2)CN1CCOCC1. The van der Waals surface area contributed by atoms with Gasteiger partial charge >= 0.3 is 0 Å². The molecule has 0 bridgehead atoms. The van der Waals surface area contributed by atoms with Crippen molar-refractivity contribution in [2.45, 2.75) is 39.0 Å². The van der Waals surface area contributed by atoms with Crippen LogP contribution in [-0.4, -0.2) is 44.9 Å². The lowest BCUT2D eigenvalue weighted by Crippen LogP contribution is -2.37. The molecule has 1 aliphatic carbocycles. The molecule has 0 unspecified atom stereocenters. The second kappa shape index (κ2) is 7.98. The van der Waals surface area contributed by atoms with Gasteiger partial charge in [-0.2, -0.15) is 0 Å². The van der Waals surface area contributed by atoms with Gasteiger partial charge < -0.3 is 9.47 Å². The number of ether oxygens (including phenoxy) is 2. The van der Waals surface area contributed by atoms with Gasteiger partial charge in [0.1, 0.15) is 5.75 Å². The van der Waals surface area contributed by atoms with Crippen molar-refractivity contribution in [1.29, 1.82) is 0 Å². The van der Waals surface area contributed by atoms with Gasteiger partial charge in [0, 0.05) is 19.6 Å². The quantitative estimate of drug-likeness (QED) is 0.827. The van der Waals surface area contributed by atoms with Crippen molar-refractivity contribution < 1.29 is 9.47 Å². The topological polar surface area (TPSA) is 21.7 Å². The first-order chi connectivity index (χ1) is 11.3. The maximum Gasteiger partial charge on any atom is 0.122 e. The fourth-order valence-electron chi connectivity index (χ4n) is 3.71. The molecule has 1 saturated heterocycles. The highest BCUT2D eigenvalue weighted by Crippen LogP contribution is 2.33. The number of fused-ring (bicyclic) bond motifs is 1. The Labute approximate surface area is 140 Å². The summed E-state index contributed by atoms with van der Waals surface area (Å²) in [6.45, 7) is 7.18. The molecule has 1 heterocycles. The summed E-state index contributed by atoms with van der Waals surface area (Å²) >= 11 is 0. The molecular formula is C20H29NO2. The van der Waals surface area contributed by atoms with E-state index in [2.05, 4.69) is 30.0 Å². The number of methoxy groups -OCH3 is 1. The fraction of sp³-hybridized carbons (Fsp3) is 0.600. The molecule has 0 aromatic heterocycles. The predicted octanol–water partition coefficient (Wildman–Crippen LogP) is 3.70. The number of hydrogen-bond acceptors (Lipinski definition) is 3. The highest BCUT2D eigenvalue weighted by Gasteiger charge is 2.17. The van der Waals surface area contributed by atoms with E-state index in [-0.39, 0.29) is 0 Å². The Bertz CT molecular complexity index is 559. The molecule has 3 heteroatoms. The minimum absolute atomic E-state index is 0.870. The standard InChI is InChI=1S/C20H29NO2/c1-3-16(15-21-10-12-23-13-11-21)14-17-8-9-20(22-2)19-7-5-4-6-18(17)19/h8-9,14H,3-7,10-13,15H2,1-2H3/b16-14-. The molecule has 2 aliphatic rings. The number of morpholine rings is 1. The number of benzene rings is 1. The molecule has 0 N–H and O–H groups in total. The predicted molar refractivity (Wildman–Crippen MR) is 95.2 cm³/mol. The van der Waals surface area contributed by atoms with E-state index in [1.54, 1.807) is 7.11 Å². The zero-order chi connectivity index (χ0) is 16.1. The highest BCUT2D eigenvalue weighted by molar-refractivity contribution is 5.62. The van der Waals surface area contributed by atoms with E-state index in [0.29, 0.717) is 0 Å². The summed E-state index contributed by atoms with van der Waals surface area (Å²) in [5.74, 6) is 1.07. The van der Waals surface area contributed by atoms with Gasteiger partial charge in [-0.15, -0.1) is 0 Å². The number of hydrogen-bond donors (Lipinski definition) is 0. The Kier molecular flexibility index (Phi) is 5.74. The van der Waals surface area contributed by atoms with Crippen LogP contribution in [0.4, 0.5) is 0 Å². The Morgan fingerprint density at radius 2 is 1.91 bits per heavy atom. The lowest BCUT2D eigenvalue weighted by molar-refractivity contribution is 0.0421. The van der Waals surface area contributed by atoms with Crippen LogP contribution in [-0.2, 0) is 17.6 Å². The van der Waals surface area contributed by atoms with Crippen LogP contribution in [0.15, 0.2) is 17.7 Å². The summed E-state index contributed by atoms with van der Waals surface area (Å²) in [5.41, 5.74) is 5.88. The third-order valence-electron chi connectivity index (χ3n) is 5.09. The molecular weight excluding hydrogens is 286 g/mol. The van der Waals surface area contributed by atoms with Crippen LogP contribution in [0.5, 0.6) is 5.75 Å². The van der Waals surface area contributed by atoms with Crippen molar-refractivity contribution in [3.8, 4) is 5.75 Å². The van der Waals surface area contributed by atoms with Gasteiger partial charge in [0.2, 0.25) is 0 Å². The second-order valence-electron chi connectivity index (χ2n) is 6.57. The smallest absolute Gasteiger partial charge is 0.122 e. The monoisotopic (exact) mass is 315 g/mol. The van der Waals surface area contributed by atoms with Crippen molar-refractivity contribution in [3.63, 3.8) is 0 Å². The molecule has 126 valence electrons. The molecule has 23 heavy (non-hydrogen) atoms. The van der Waals surface area contributed by atoms with Gasteiger partial charge in [0.05, 0.1) is 20.3 Å². The maximum absolute atomic E-state index is 5.58. The third-order valence-corrected chi connectivity index (χ3v) is 5.09. The first-order valence-electron chi connectivity index (χ1n) is 9.00. The van der Waals surface area contributed by atoms with E-state index in [1.807, 2.05) is 0 Å². The molecule has 1 aromatic carbocycles. The van der Waals surface area contributed by atoms with E-state index in [9.17, 15) is 0 Å². The van der Waals surface area contributed by atoms with Crippen LogP contribution in [0.2, 0.25) is 0 Å². The molecule has 0 spiro atoms. The average molecular weight is 315 g/mol. The molecule has 0 saturated carbocycles. The Morgan fingerprint density at radius 3 is 2.61 bits per heavy atom. The van der Waals surface area contributed by atoms with Crippen molar-refractivity contribution in [3.05, 3.63) is 34.4 Å². The molecule has 0 atom stereocenters. The molecule has 0 radical (unpaired) electrons. The summed E-state index contributed by atoms with van der Waals surface area (Å²) in [5, 5.41) is 0. The Balaban J connectivity index is 1.84. The van der Waals surface area contributed by atoms with E-state index in [0.717, 1.165) is 51.4 Å². The van der Waals surface area contributed by atoms with E-state index < -0.39 is 0 Å². The minimum atomic E-state index is 0.870. The first kappa shape index (κ1) is 16.5. The van der Waals surface area contributed by atoms with E-state index >= 15 is 0 Å². The van der Waals surface area contributed by atoms with Crippen molar-refractivity contribution >= 4 is 6.08 Å². The van der Waals surface area contributed by atoms with Crippen LogP contribution >= 0.6 is 0 Å². The van der Waals surface area contributed by atoms with Crippen LogP contribution in [0.3, 0.4) is 0 Å². The lowest BCUT2D eigenvalue weighted by atomic mass is 9.86. The zero-order valence-corrected chi connectivity index (χ0v) is 14.6. The largest absolute Gasteiger partial charge is 0.496 e. The fourth-order valence-corrected chi connectivity index (χ4v) is 3.71. The molecule has 1 aromatic rings.